The third-order valence-electron chi connectivity index (χ3n) is 5.72. The Hall–Kier alpha value is -1.64. The largest absolute Gasteiger partial charge is 0.504 e. The molecule has 0 bridgehead atoms. The lowest BCUT2D eigenvalue weighted by Gasteiger charge is -2.40. The number of rotatable bonds is 4. The monoisotopic (exact) mass is 380 g/mol. The fourth-order valence-corrected chi connectivity index (χ4v) is 3.92. The lowest BCUT2D eigenvalue weighted by molar-refractivity contribution is -0.277. The topological polar surface area (TPSA) is 120 Å². The fourth-order valence-electron chi connectivity index (χ4n) is 3.92. The van der Waals surface area contributed by atoms with Crippen LogP contribution < -0.4 is 4.74 Å². The number of fused-ring (bicyclic) bond motifs is 1. The number of hydrogen-bond acceptors (Lipinski definition) is 7. The first kappa shape index (κ1) is 20.1. The van der Waals surface area contributed by atoms with Crippen molar-refractivity contribution in [2.24, 2.45) is 5.92 Å². The van der Waals surface area contributed by atoms with Crippen molar-refractivity contribution >= 4 is 0 Å². The van der Waals surface area contributed by atoms with E-state index in [0.29, 0.717) is 5.92 Å². The van der Waals surface area contributed by atoms with Crippen molar-refractivity contribution in [3.8, 4) is 11.5 Å². The van der Waals surface area contributed by atoms with E-state index in [9.17, 15) is 25.5 Å². The van der Waals surface area contributed by atoms with Gasteiger partial charge in [-0.3, -0.25) is 0 Å². The zero-order valence-corrected chi connectivity index (χ0v) is 15.6. The van der Waals surface area contributed by atoms with Gasteiger partial charge in [-0.25, -0.2) is 0 Å². The summed E-state index contributed by atoms with van der Waals surface area (Å²) in [5.74, 6) is 0.457. The number of benzene rings is 1. The molecule has 5 N–H and O–H groups in total. The van der Waals surface area contributed by atoms with Crippen LogP contribution in [0.25, 0.3) is 0 Å². The maximum Gasteiger partial charge on any atom is 0.229 e. The minimum Gasteiger partial charge on any atom is -0.504 e. The summed E-state index contributed by atoms with van der Waals surface area (Å²) in [4.78, 5) is 0. The summed E-state index contributed by atoms with van der Waals surface area (Å²) in [6, 6.07) is 1.66. The van der Waals surface area contributed by atoms with E-state index in [0.717, 1.165) is 41.5 Å². The van der Waals surface area contributed by atoms with E-state index in [1.807, 2.05) is 13.8 Å². The number of phenolic OH excluding ortho intramolecular Hbond substituents is 1. The fraction of sp³-hybridized carbons (Fsp3) is 0.600. The highest BCUT2D eigenvalue weighted by atomic mass is 16.7. The lowest BCUT2D eigenvalue weighted by atomic mass is 9.79. The van der Waals surface area contributed by atoms with E-state index >= 15 is 0 Å². The van der Waals surface area contributed by atoms with Gasteiger partial charge in [0.05, 0.1) is 6.61 Å². The number of hydrogen-bond donors (Lipinski definition) is 5. The van der Waals surface area contributed by atoms with E-state index in [-0.39, 0.29) is 11.5 Å². The highest BCUT2D eigenvalue weighted by Gasteiger charge is 2.45. The molecule has 1 aromatic carbocycles. The van der Waals surface area contributed by atoms with Crippen molar-refractivity contribution in [3.63, 3.8) is 0 Å². The van der Waals surface area contributed by atoms with Crippen molar-refractivity contribution in [1.29, 1.82) is 0 Å². The van der Waals surface area contributed by atoms with Crippen LogP contribution in [0.5, 0.6) is 11.5 Å². The molecule has 1 aromatic rings. The van der Waals surface area contributed by atoms with Gasteiger partial charge >= 0.3 is 0 Å². The number of aryl methyl sites for hydroxylation is 1. The molecule has 7 heteroatoms. The van der Waals surface area contributed by atoms with Crippen molar-refractivity contribution in [2.75, 3.05) is 6.61 Å². The average molecular weight is 380 g/mol. The summed E-state index contributed by atoms with van der Waals surface area (Å²) in [5.41, 5.74) is 3.99. The summed E-state index contributed by atoms with van der Waals surface area (Å²) >= 11 is 0. The number of ether oxygens (including phenoxy) is 2. The molecule has 0 amide bonds. The van der Waals surface area contributed by atoms with Crippen LogP contribution in [-0.2, 0) is 17.6 Å². The molecule has 1 aliphatic carbocycles. The molecule has 1 heterocycles. The van der Waals surface area contributed by atoms with Gasteiger partial charge in [-0.05, 0) is 61.8 Å². The summed E-state index contributed by atoms with van der Waals surface area (Å²) in [7, 11) is 0. The summed E-state index contributed by atoms with van der Waals surface area (Å²) in [6.07, 6.45) is -4.31. The summed E-state index contributed by atoms with van der Waals surface area (Å²) < 4.78 is 11.1. The Morgan fingerprint density at radius 2 is 1.96 bits per heavy atom. The Balaban J connectivity index is 1.89. The molecule has 6 atom stereocenters. The molecule has 0 radical (unpaired) electrons. The van der Waals surface area contributed by atoms with Gasteiger partial charge < -0.3 is 35.0 Å². The Morgan fingerprint density at radius 1 is 1.26 bits per heavy atom. The lowest BCUT2D eigenvalue weighted by Crippen LogP contribution is -2.60. The minimum absolute atomic E-state index is 0.0722. The van der Waals surface area contributed by atoms with E-state index < -0.39 is 37.3 Å². The van der Waals surface area contributed by atoms with Gasteiger partial charge in [0.25, 0.3) is 0 Å². The normalized spacial score (nSPS) is 33.4. The van der Waals surface area contributed by atoms with Gasteiger partial charge in [0, 0.05) is 0 Å². The zero-order valence-electron chi connectivity index (χ0n) is 15.6. The summed E-state index contributed by atoms with van der Waals surface area (Å²) in [5, 5.41) is 49.7. The van der Waals surface area contributed by atoms with Crippen LogP contribution in [0, 0.1) is 12.8 Å². The Bertz CT molecular complexity index is 715. The predicted octanol–water partition coefficient (Wildman–Crippen LogP) is 0.560. The number of aliphatic hydroxyl groups is 4. The van der Waals surface area contributed by atoms with Gasteiger partial charge in [-0.1, -0.05) is 12.2 Å². The molecule has 1 fully saturated rings. The van der Waals surface area contributed by atoms with E-state index in [1.54, 1.807) is 6.07 Å². The average Bonchev–Trinajstić information content (AvgIpc) is 2.64. The van der Waals surface area contributed by atoms with E-state index in [1.165, 1.54) is 0 Å². The van der Waals surface area contributed by atoms with Crippen LogP contribution in [-0.4, -0.2) is 62.8 Å². The van der Waals surface area contributed by atoms with Crippen molar-refractivity contribution < 1.29 is 35.0 Å². The van der Waals surface area contributed by atoms with Crippen LogP contribution >= 0.6 is 0 Å². The first-order valence-corrected chi connectivity index (χ1v) is 9.21. The maximum atomic E-state index is 10.4. The second kappa shape index (κ2) is 7.77. The van der Waals surface area contributed by atoms with Crippen LogP contribution in [0.15, 0.2) is 18.2 Å². The van der Waals surface area contributed by atoms with Gasteiger partial charge in [-0.2, -0.15) is 0 Å². The molecular formula is C20H28O7. The summed E-state index contributed by atoms with van der Waals surface area (Å²) in [6.45, 7) is 7.35. The van der Waals surface area contributed by atoms with Gasteiger partial charge in [0.1, 0.15) is 24.4 Å². The van der Waals surface area contributed by atoms with Crippen molar-refractivity contribution in [2.45, 2.75) is 63.8 Å². The van der Waals surface area contributed by atoms with Crippen LogP contribution in [0.1, 0.15) is 30.0 Å². The molecule has 7 nitrogen and oxygen atoms in total. The molecule has 2 aliphatic rings. The Morgan fingerprint density at radius 3 is 2.59 bits per heavy atom. The number of aromatic hydroxyl groups is 1. The molecule has 3 rings (SSSR count). The maximum absolute atomic E-state index is 10.4. The number of aliphatic hydroxyl groups excluding tert-OH is 4. The van der Waals surface area contributed by atoms with E-state index in [2.05, 4.69) is 6.58 Å². The molecule has 0 aromatic heterocycles. The molecule has 0 spiro atoms. The molecular weight excluding hydrogens is 352 g/mol. The smallest absolute Gasteiger partial charge is 0.229 e. The van der Waals surface area contributed by atoms with Crippen LogP contribution in [0.4, 0.5) is 0 Å². The second-order valence-corrected chi connectivity index (χ2v) is 7.59. The SMILES string of the molecule is C=C(C)[C@@H]1CCc2cc(O)c(O[C@@H]3O[C@H](CO)[C@@H](O)[C@H](O)[C@H]3O)c(C)c2C1. The van der Waals surface area contributed by atoms with Crippen LogP contribution in [0.3, 0.4) is 0 Å². The van der Waals surface area contributed by atoms with Crippen molar-refractivity contribution in [1.82, 2.24) is 0 Å². The predicted molar refractivity (Wildman–Crippen MR) is 97.6 cm³/mol. The van der Waals surface area contributed by atoms with E-state index in [4.69, 9.17) is 9.47 Å². The van der Waals surface area contributed by atoms with Gasteiger partial charge in [0.2, 0.25) is 6.29 Å². The number of phenols is 1. The molecule has 0 saturated carbocycles. The van der Waals surface area contributed by atoms with Gasteiger partial charge in [-0.15, -0.1) is 0 Å². The molecule has 150 valence electrons. The second-order valence-electron chi connectivity index (χ2n) is 7.59. The van der Waals surface area contributed by atoms with Gasteiger partial charge in [0.15, 0.2) is 11.5 Å². The first-order valence-electron chi connectivity index (χ1n) is 9.21. The zero-order chi connectivity index (χ0) is 19.9. The first-order chi connectivity index (χ1) is 12.7. The van der Waals surface area contributed by atoms with Crippen molar-refractivity contribution in [3.05, 3.63) is 34.9 Å². The minimum atomic E-state index is -1.53. The highest BCUT2D eigenvalue weighted by molar-refractivity contribution is 5.54. The Kier molecular flexibility index (Phi) is 5.79. The third kappa shape index (κ3) is 3.70. The molecule has 0 unspecified atom stereocenters. The molecule has 1 aliphatic heterocycles. The quantitative estimate of drug-likeness (QED) is 0.484. The third-order valence-corrected chi connectivity index (χ3v) is 5.72. The van der Waals surface area contributed by atoms with Crippen LogP contribution in [0.2, 0.25) is 0 Å². The Labute approximate surface area is 158 Å². The standard InChI is InChI=1S/C20H28O7/c1-9(2)11-4-5-12-7-14(22)19(10(3)13(12)6-11)27-20-18(25)17(24)16(23)15(8-21)26-20/h7,11,15-18,20-25H,1,4-6,8H2,2-3H3/t11-,15-,16-,17+,18-,20+/m1/s1. The molecule has 27 heavy (non-hydrogen) atoms. The highest BCUT2D eigenvalue weighted by Crippen LogP contribution is 2.41. The number of allylic oxidation sites excluding steroid dienone is 1. The molecule has 1 saturated heterocycles.